The van der Waals surface area contributed by atoms with Crippen molar-refractivity contribution in [3.63, 3.8) is 0 Å². The topological polar surface area (TPSA) is 92.4 Å². The molecule has 0 saturated carbocycles. The zero-order chi connectivity index (χ0) is 15.5. The summed E-state index contributed by atoms with van der Waals surface area (Å²) in [6.45, 7) is 1.81. The fourth-order valence-corrected chi connectivity index (χ4v) is 4.05. The molecule has 0 aliphatic carbocycles. The summed E-state index contributed by atoms with van der Waals surface area (Å²) in [6.07, 6.45) is -0.277. The van der Waals surface area contributed by atoms with Crippen molar-refractivity contribution in [1.82, 2.24) is 4.72 Å². The Bertz CT molecular complexity index is 697. The Morgan fingerprint density at radius 2 is 2.14 bits per heavy atom. The molecule has 0 amide bonds. The number of sulfonamides is 1. The maximum atomic E-state index is 12.4. The summed E-state index contributed by atoms with van der Waals surface area (Å²) in [6, 6.07) is 6.59. The standard InChI is InChI=1S/C14H18N2O3S2/c1-2-10-3-4-12(15)7-14(10)21(18,19)16-8-13(17)11-5-6-20-9-11/h3-7,9,13,16-17H,2,8,15H2,1H3. The van der Waals surface area contributed by atoms with E-state index in [0.29, 0.717) is 23.2 Å². The van der Waals surface area contributed by atoms with Crippen LogP contribution in [0.5, 0.6) is 0 Å². The minimum absolute atomic E-state index is 0.0724. The van der Waals surface area contributed by atoms with Crippen molar-refractivity contribution < 1.29 is 13.5 Å². The number of thiophene rings is 1. The minimum Gasteiger partial charge on any atom is -0.399 e. The van der Waals surface area contributed by atoms with Gasteiger partial charge in [-0.15, -0.1) is 0 Å². The molecular weight excluding hydrogens is 308 g/mol. The molecule has 0 bridgehead atoms. The second kappa shape index (κ2) is 6.57. The van der Waals surface area contributed by atoms with E-state index in [-0.39, 0.29) is 11.4 Å². The number of hydrogen-bond acceptors (Lipinski definition) is 5. The summed E-state index contributed by atoms with van der Waals surface area (Å²) in [5.41, 5.74) is 7.46. The first-order valence-electron chi connectivity index (χ1n) is 6.52. The summed E-state index contributed by atoms with van der Waals surface area (Å²) in [4.78, 5) is 0.169. The van der Waals surface area contributed by atoms with Crippen LogP contribution < -0.4 is 10.5 Å². The summed E-state index contributed by atoms with van der Waals surface area (Å²) in [7, 11) is -3.70. The first-order valence-corrected chi connectivity index (χ1v) is 8.95. The SMILES string of the molecule is CCc1ccc(N)cc1S(=O)(=O)NCC(O)c1ccsc1. The van der Waals surface area contributed by atoms with Gasteiger partial charge in [-0.25, -0.2) is 13.1 Å². The second-order valence-corrected chi connectivity index (χ2v) is 7.16. The number of nitrogens with one attached hydrogen (secondary N) is 1. The van der Waals surface area contributed by atoms with E-state index >= 15 is 0 Å². The molecule has 0 fully saturated rings. The van der Waals surface area contributed by atoms with Gasteiger partial charge in [0.2, 0.25) is 10.0 Å². The molecule has 0 aliphatic heterocycles. The molecule has 1 heterocycles. The Kier molecular flexibility index (Phi) is 5.00. The van der Waals surface area contributed by atoms with Crippen LogP contribution in [0.4, 0.5) is 5.69 Å². The van der Waals surface area contributed by atoms with Gasteiger partial charge in [0, 0.05) is 12.2 Å². The van der Waals surface area contributed by atoms with Crippen molar-refractivity contribution in [3.8, 4) is 0 Å². The lowest BCUT2D eigenvalue weighted by Crippen LogP contribution is -2.29. The second-order valence-electron chi connectivity index (χ2n) is 4.65. The molecule has 1 atom stereocenters. The molecule has 1 unspecified atom stereocenters. The fraction of sp³-hybridized carbons (Fsp3) is 0.286. The molecule has 4 N–H and O–H groups in total. The van der Waals surface area contributed by atoms with Gasteiger partial charge in [-0.05, 0) is 46.5 Å². The quantitative estimate of drug-likeness (QED) is 0.707. The van der Waals surface area contributed by atoms with Gasteiger partial charge in [0.25, 0.3) is 0 Å². The van der Waals surface area contributed by atoms with E-state index in [1.54, 1.807) is 23.6 Å². The first-order chi connectivity index (χ1) is 9.94. The van der Waals surface area contributed by atoms with Crippen molar-refractivity contribution in [1.29, 1.82) is 0 Å². The van der Waals surface area contributed by atoms with Gasteiger partial charge in [-0.1, -0.05) is 13.0 Å². The number of aliphatic hydroxyl groups excluding tert-OH is 1. The monoisotopic (exact) mass is 326 g/mol. The predicted molar refractivity (Wildman–Crippen MR) is 84.7 cm³/mol. The highest BCUT2D eigenvalue weighted by atomic mass is 32.2. The molecule has 0 radical (unpaired) electrons. The molecule has 1 aromatic heterocycles. The van der Waals surface area contributed by atoms with E-state index in [1.807, 2.05) is 12.3 Å². The minimum atomic E-state index is -3.70. The van der Waals surface area contributed by atoms with E-state index in [0.717, 1.165) is 0 Å². The van der Waals surface area contributed by atoms with Crippen LogP contribution in [0, 0.1) is 0 Å². The van der Waals surface area contributed by atoms with Gasteiger partial charge >= 0.3 is 0 Å². The molecular formula is C14H18N2O3S2. The summed E-state index contributed by atoms with van der Waals surface area (Å²) in [5, 5.41) is 13.6. The van der Waals surface area contributed by atoms with Crippen molar-refractivity contribution in [2.75, 3.05) is 12.3 Å². The van der Waals surface area contributed by atoms with E-state index in [1.165, 1.54) is 17.4 Å². The van der Waals surface area contributed by atoms with E-state index in [9.17, 15) is 13.5 Å². The highest BCUT2D eigenvalue weighted by Gasteiger charge is 2.20. The zero-order valence-corrected chi connectivity index (χ0v) is 13.2. The molecule has 0 saturated heterocycles. The average molecular weight is 326 g/mol. The molecule has 5 nitrogen and oxygen atoms in total. The van der Waals surface area contributed by atoms with Crippen molar-refractivity contribution in [3.05, 3.63) is 46.2 Å². The molecule has 0 aliphatic rings. The Morgan fingerprint density at radius 1 is 1.38 bits per heavy atom. The van der Waals surface area contributed by atoms with E-state index in [2.05, 4.69) is 4.72 Å². The number of nitrogen functional groups attached to an aromatic ring is 1. The maximum Gasteiger partial charge on any atom is 0.241 e. The molecule has 2 aromatic rings. The molecule has 114 valence electrons. The normalized spacial score (nSPS) is 13.2. The van der Waals surface area contributed by atoms with Gasteiger partial charge in [0.15, 0.2) is 0 Å². The van der Waals surface area contributed by atoms with Crippen LogP contribution in [0.15, 0.2) is 39.9 Å². The number of nitrogens with two attached hydrogens (primary N) is 1. The molecule has 2 rings (SSSR count). The number of anilines is 1. The Hall–Kier alpha value is -1.41. The average Bonchev–Trinajstić information content (AvgIpc) is 2.99. The lowest BCUT2D eigenvalue weighted by molar-refractivity contribution is 0.182. The number of benzene rings is 1. The largest absolute Gasteiger partial charge is 0.399 e. The van der Waals surface area contributed by atoms with Crippen molar-refractivity contribution >= 4 is 27.0 Å². The summed E-state index contributed by atoms with van der Waals surface area (Å²) in [5.74, 6) is 0. The third-order valence-electron chi connectivity index (χ3n) is 3.16. The Balaban J connectivity index is 2.17. The van der Waals surface area contributed by atoms with Gasteiger partial charge in [0.1, 0.15) is 0 Å². The van der Waals surface area contributed by atoms with E-state index < -0.39 is 16.1 Å². The molecule has 7 heteroatoms. The predicted octanol–water partition coefficient (Wildman–Crippen LogP) is 1.90. The Labute approximate surface area is 128 Å². The summed E-state index contributed by atoms with van der Waals surface area (Å²) < 4.78 is 27.2. The van der Waals surface area contributed by atoms with Crippen LogP contribution in [0.25, 0.3) is 0 Å². The number of hydrogen-bond donors (Lipinski definition) is 3. The fourth-order valence-electron chi connectivity index (χ4n) is 1.96. The van der Waals surface area contributed by atoms with Crippen molar-refractivity contribution in [2.45, 2.75) is 24.3 Å². The lowest BCUT2D eigenvalue weighted by Gasteiger charge is -2.14. The number of aryl methyl sites for hydroxylation is 1. The summed E-state index contributed by atoms with van der Waals surface area (Å²) >= 11 is 1.45. The van der Waals surface area contributed by atoms with Gasteiger partial charge < -0.3 is 10.8 Å². The number of rotatable bonds is 6. The van der Waals surface area contributed by atoms with Gasteiger partial charge in [-0.3, -0.25) is 0 Å². The molecule has 21 heavy (non-hydrogen) atoms. The van der Waals surface area contributed by atoms with Gasteiger partial charge in [0.05, 0.1) is 11.0 Å². The van der Waals surface area contributed by atoms with Crippen LogP contribution in [0.3, 0.4) is 0 Å². The van der Waals surface area contributed by atoms with Crippen LogP contribution in [0.1, 0.15) is 24.2 Å². The highest BCUT2D eigenvalue weighted by Crippen LogP contribution is 2.21. The van der Waals surface area contributed by atoms with Crippen LogP contribution in [0.2, 0.25) is 0 Å². The number of aliphatic hydroxyl groups is 1. The third-order valence-corrected chi connectivity index (χ3v) is 5.36. The van der Waals surface area contributed by atoms with Gasteiger partial charge in [-0.2, -0.15) is 11.3 Å². The van der Waals surface area contributed by atoms with E-state index in [4.69, 9.17) is 5.73 Å². The lowest BCUT2D eigenvalue weighted by atomic mass is 10.1. The first kappa shape index (κ1) is 16.0. The van der Waals surface area contributed by atoms with Crippen LogP contribution in [-0.2, 0) is 16.4 Å². The maximum absolute atomic E-state index is 12.4. The highest BCUT2D eigenvalue weighted by molar-refractivity contribution is 7.89. The zero-order valence-electron chi connectivity index (χ0n) is 11.6. The van der Waals surface area contributed by atoms with Crippen LogP contribution >= 0.6 is 11.3 Å². The smallest absolute Gasteiger partial charge is 0.241 e. The molecule has 0 spiro atoms. The van der Waals surface area contributed by atoms with Crippen LogP contribution in [-0.4, -0.2) is 20.1 Å². The van der Waals surface area contributed by atoms with Crippen molar-refractivity contribution in [2.24, 2.45) is 0 Å². The third kappa shape index (κ3) is 3.82. The Morgan fingerprint density at radius 3 is 2.76 bits per heavy atom. The molecule has 1 aromatic carbocycles.